The van der Waals surface area contributed by atoms with Crippen LogP contribution in [0, 0.1) is 0 Å². The van der Waals surface area contributed by atoms with E-state index in [1.165, 1.54) is 4.52 Å². The molecule has 3 heterocycles. The van der Waals surface area contributed by atoms with E-state index in [0.29, 0.717) is 11.2 Å². The minimum absolute atomic E-state index is 0.0671. The summed E-state index contributed by atoms with van der Waals surface area (Å²) >= 11 is 1.56. The number of hydrogen-bond donors (Lipinski definition) is 2. The number of nitrogens with zero attached hydrogens (tertiary/aromatic N) is 2. The standard InChI is InChI=1S/C13H13N3O2S/c1-7(2)11-12(17)14-10-6-8(9-4-3-5-19-9)15-16(10)13(11)18/h3-7,18H,1-2H3,(H,14,17). The Morgan fingerprint density at radius 2 is 2.26 bits per heavy atom. The van der Waals surface area contributed by atoms with Gasteiger partial charge in [-0.15, -0.1) is 11.3 Å². The number of aromatic nitrogens is 3. The Kier molecular flexibility index (Phi) is 2.67. The van der Waals surface area contributed by atoms with E-state index < -0.39 is 0 Å². The maximum atomic E-state index is 11.9. The lowest BCUT2D eigenvalue weighted by Crippen LogP contribution is -2.16. The molecule has 0 saturated carbocycles. The van der Waals surface area contributed by atoms with Gasteiger partial charge in [-0.25, -0.2) is 0 Å². The largest absolute Gasteiger partial charge is 0.493 e. The summed E-state index contributed by atoms with van der Waals surface area (Å²) in [6, 6.07) is 5.65. The van der Waals surface area contributed by atoms with Gasteiger partial charge in [0.15, 0.2) is 0 Å². The van der Waals surface area contributed by atoms with E-state index in [-0.39, 0.29) is 17.4 Å². The fraction of sp³-hybridized carbons (Fsp3) is 0.231. The van der Waals surface area contributed by atoms with Gasteiger partial charge in [-0.1, -0.05) is 19.9 Å². The van der Waals surface area contributed by atoms with E-state index >= 15 is 0 Å². The Bertz CT molecular complexity index is 784. The highest BCUT2D eigenvalue weighted by Crippen LogP contribution is 2.27. The summed E-state index contributed by atoms with van der Waals surface area (Å²) < 4.78 is 1.38. The van der Waals surface area contributed by atoms with Gasteiger partial charge in [0.25, 0.3) is 5.56 Å². The first-order valence-electron chi connectivity index (χ1n) is 5.96. The van der Waals surface area contributed by atoms with Gasteiger partial charge in [0, 0.05) is 6.07 Å². The van der Waals surface area contributed by atoms with Crippen LogP contribution in [0.4, 0.5) is 0 Å². The SMILES string of the molecule is CC(C)c1c(O)n2nc(-c3cccs3)cc2[nH]c1=O. The highest BCUT2D eigenvalue weighted by Gasteiger charge is 2.17. The summed E-state index contributed by atoms with van der Waals surface area (Å²) in [5, 5.41) is 16.5. The Morgan fingerprint density at radius 3 is 2.89 bits per heavy atom. The molecule has 0 amide bonds. The molecule has 0 aliphatic carbocycles. The van der Waals surface area contributed by atoms with Crippen LogP contribution in [0.2, 0.25) is 0 Å². The van der Waals surface area contributed by atoms with Crippen molar-refractivity contribution >= 4 is 17.0 Å². The van der Waals surface area contributed by atoms with Crippen molar-refractivity contribution in [1.82, 2.24) is 14.6 Å². The van der Waals surface area contributed by atoms with Crippen LogP contribution in [0.25, 0.3) is 16.2 Å². The van der Waals surface area contributed by atoms with Crippen LogP contribution in [0.5, 0.6) is 5.88 Å². The molecule has 0 saturated heterocycles. The molecule has 0 fully saturated rings. The molecule has 0 bridgehead atoms. The molecule has 0 atom stereocenters. The fourth-order valence-electron chi connectivity index (χ4n) is 2.10. The van der Waals surface area contributed by atoms with Crippen molar-refractivity contribution in [2.24, 2.45) is 0 Å². The lowest BCUT2D eigenvalue weighted by Gasteiger charge is -2.07. The average molecular weight is 275 g/mol. The lowest BCUT2D eigenvalue weighted by atomic mass is 10.1. The minimum Gasteiger partial charge on any atom is -0.493 e. The second kappa shape index (κ2) is 4.24. The van der Waals surface area contributed by atoms with Crippen molar-refractivity contribution in [3.8, 4) is 16.5 Å². The van der Waals surface area contributed by atoms with Gasteiger partial charge in [-0.3, -0.25) is 4.79 Å². The van der Waals surface area contributed by atoms with Crippen molar-refractivity contribution in [2.45, 2.75) is 19.8 Å². The summed E-state index contributed by atoms with van der Waals surface area (Å²) in [7, 11) is 0. The molecule has 0 aromatic carbocycles. The third-order valence-corrected chi connectivity index (χ3v) is 3.88. The van der Waals surface area contributed by atoms with E-state index in [1.54, 1.807) is 17.4 Å². The molecule has 0 radical (unpaired) electrons. The first kappa shape index (κ1) is 12.0. The van der Waals surface area contributed by atoms with Gasteiger partial charge in [0.2, 0.25) is 5.88 Å². The van der Waals surface area contributed by atoms with Crippen LogP contribution < -0.4 is 5.56 Å². The summed E-state index contributed by atoms with van der Waals surface area (Å²) in [5.41, 5.74) is 1.32. The topological polar surface area (TPSA) is 70.4 Å². The molecule has 2 N–H and O–H groups in total. The van der Waals surface area contributed by atoms with Gasteiger partial charge in [0.1, 0.15) is 11.3 Å². The predicted molar refractivity (Wildman–Crippen MR) is 74.9 cm³/mol. The number of H-pyrrole nitrogens is 1. The van der Waals surface area contributed by atoms with E-state index in [2.05, 4.69) is 10.1 Å². The molecule has 3 aromatic rings. The average Bonchev–Trinajstić information content (AvgIpc) is 2.94. The molecular formula is C13H13N3O2S. The number of rotatable bonds is 2. The molecule has 0 aliphatic rings. The van der Waals surface area contributed by atoms with Crippen molar-refractivity contribution < 1.29 is 5.11 Å². The van der Waals surface area contributed by atoms with E-state index in [9.17, 15) is 9.90 Å². The van der Waals surface area contributed by atoms with Gasteiger partial charge >= 0.3 is 0 Å². The Labute approximate surface area is 113 Å². The Morgan fingerprint density at radius 1 is 1.47 bits per heavy atom. The van der Waals surface area contributed by atoms with Gasteiger partial charge in [0.05, 0.1) is 10.4 Å². The number of thiophene rings is 1. The highest BCUT2D eigenvalue weighted by atomic mass is 32.1. The summed E-state index contributed by atoms with van der Waals surface area (Å²) in [6.45, 7) is 3.72. The maximum absolute atomic E-state index is 11.9. The molecule has 5 nitrogen and oxygen atoms in total. The first-order chi connectivity index (χ1) is 9.08. The Hall–Kier alpha value is -2.08. The van der Waals surface area contributed by atoms with Crippen molar-refractivity contribution in [3.05, 3.63) is 39.5 Å². The number of aromatic hydroxyl groups is 1. The molecule has 0 aliphatic heterocycles. The smallest absolute Gasteiger partial charge is 0.258 e. The molecule has 98 valence electrons. The molecule has 0 unspecified atom stereocenters. The zero-order valence-electron chi connectivity index (χ0n) is 10.5. The van der Waals surface area contributed by atoms with E-state index in [4.69, 9.17) is 0 Å². The second-order valence-electron chi connectivity index (χ2n) is 4.65. The van der Waals surface area contributed by atoms with Gasteiger partial charge in [-0.05, 0) is 17.4 Å². The molecule has 6 heteroatoms. The molecule has 0 spiro atoms. The quantitative estimate of drug-likeness (QED) is 0.755. The van der Waals surface area contributed by atoms with Crippen molar-refractivity contribution in [1.29, 1.82) is 0 Å². The van der Waals surface area contributed by atoms with E-state index in [1.807, 2.05) is 31.4 Å². The van der Waals surface area contributed by atoms with Crippen LogP contribution in [-0.2, 0) is 0 Å². The summed E-state index contributed by atoms with van der Waals surface area (Å²) in [5.74, 6) is -0.154. The van der Waals surface area contributed by atoms with Crippen molar-refractivity contribution in [3.63, 3.8) is 0 Å². The third kappa shape index (κ3) is 1.84. The van der Waals surface area contributed by atoms with Crippen LogP contribution >= 0.6 is 11.3 Å². The zero-order chi connectivity index (χ0) is 13.6. The zero-order valence-corrected chi connectivity index (χ0v) is 11.4. The van der Waals surface area contributed by atoms with Gasteiger partial charge in [-0.2, -0.15) is 9.61 Å². The van der Waals surface area contributed by atoms with Crippen LogP contribution in [-0.4, -0.2) is 19.7 Å². The van der Waals surface area contributed by atoms with Gasteiger partial charge < -0.3 is 10.1 Å². The maximum Gasteiger partial charge on any atom is 0.258 e. The molecular weight excluding hydrogens is 262 g/mol. The van der Waals surface area contributed by atoms with Crippen molar-refractivity contribution in [2.75, 3.05) is 0 Å². The fourth-order valence-corrected chi connectivity index (χ4v) is 2.78. The number of aromatic amines is 1. The van der Waals surface area contributed by atoms with Crippen LogP contribution in [0.1, 0.15) is 25.3 Å². The molecule has 19 heavy (non-hydrogen) atoms. The lowest BCUT2D eigenvalue weighted by molar-refractivity contribution is 0.423. The number of fused-ring (bicyclic) bond motifs is 1. The third-order valence-electron chi connectivity index (χ3n) is 2.99. The van der Waals surface area contributed by atoms with Crippen LogP contribution in [0.15, 0.2) is 28.4 Å². The summed E-state index contributed by atoms with van der Waals surface area (Å²) in [4.78, 5) is 15.7. The Balaban J connectivity index is 2.30. The number of hydrogen-bond acceptors (Lipinski definition) is 4. The van der Waals surface area contributed by atoms with Crippen LogP contribution in [0.3, 0.4) is 0 Å². The second-order valence-corrected chi connectivity index (χ2v) is 5.60. The van der Waals surface area contributed by atoms with E-state index in [0.717, 1.165) is 10.6 Å². The summed E-state index contributed by atoms with van der Waals surface area (Å²) in [6.07, 6.45) is 0. The number of nitrogens with one attached hydrogen (secondary N) is 1. The molecule has 3 rings (SSSR count). The predicted octanol–water partition coefficient (Wildman–Crippen LogP) is 2.58. The monoisotopic (exact) mass is 275 g/mol. The first-order valence-corrected chi connectivity index (χ1v) is 6.84. The minimum atomic E-state index is -0.266. The molecule has 3 aromatic heterocycles. The normalized spacial score (nSPS) is 11.5. The highest BCUT2D eigenvalue weighted by molar-refractivity contribution is 7.13.